The molecule has 3 rings (SSSR count). The third-order valence-electron chi connectivity index (χ3n) is 3.50. The minimum absolute atomic E-state index is 0.302. The summed E-state index contributed by atoms with van der Waals surface area (Å²) in [5, 5.41) is 0. The molecule has 2 N–H and O–H groups in total. The number of rotatable bonds is 6. The lowest BCUT2D eigenvalue weighted by Gasteiger charge is -2.08. The molecule has 1 aromatic carbocycles. The van der Waals surface area contributed by atoms with Gasteiger partial charge in [0.2, 0.25) is 0 Å². The normalized spacial score (nSPS) is 11.3. The summed E-state index contributed by atoms with van der Waals surface area (Å²) in [5.41, 5.74) is 8.54. The summed E-state index contributed by atoms with van der Waals surface area (Å²) in [6, 6.07) is 10.5. The van der Waals surface area contributed by atoms with E-state index in [1.807, 2.05) is 22.8 Å². The third kappa shape index (κ3) is 3.59. The second-order valence-corrected chi connectivity index (χ2v) is 5.94. The van der Waals surface area contributed by atoms with Crippen molar-refractivity contribution in [1.29, 1.82) is 0 Å². The number of imidazole rings is 1. The first-order valence-corrected chi connectivity index (χ1v) is 7.78. The van der Waals surface area contributed by atoms with E-state index in [9.17, 15) is 0 Å². The first kappa shape index (κ1) is 15.3. The number of benzene rings is 1. The van der Waals surface area contributed by atoms with E-state index < -0.39 is 0 Å². The molecular weight excluding hydrogens is 290 g/mol. The lowest BCUT2D eigenvalue weighted by atomic mass is 10.2. The van der Waals surface area contributed by atoms with E-state index in [1.54, 1.807) is 6.33 Å². The Labute approximate surface area is 135 Å². The van der Waals surface area contributed by atoms with E-state index in [-0.39, 0.29) is 0 Å². The Morgan fingerprint density at radius 2 is 1.96 bits per heavy atom. The number of fused-ring (bicyclic) bond motifs is 1. The molecule has 6 nitrogen and oxygen atoms in total. The zero-order valence-corrected chi connectivity index (χ0v) is 13.4. The number of nitrogens with two attached hydrogens (primary N) is 1. The summed E-state index contributed by atoms with van der Waals surface area (Å²) >= 11 is 0. The fourth-order valence-corrected chi connectivity index (χ4v) is 2.44. The standard InChI is InChI=1S/C17H21N5O/c1-12(2)10-22-11-19-14-15(18)20-17(21-16(14)22)23-9-8-13-6-4-3-5-7-13/h3-7,11-12H,8-10H2,1-2H3,(H2,18,20,21). The topological polar surface area (TPSA) is 78.9 Å². The van der Waals surface area contributed by atoms with Gasteiger partial charge in [0.15, 0.2) is 17.0 Å². The van der Waals surface area contributed by atoms with Gasteiger partial charge in [0.1, 0.15) is 0 Å². The Bertz CT molecular complexity index is 782. The first-order chi connectivity index (χ1) is 11.1. The van der Waals surface area contributed by atoms with Crippen molar-refractivity contribution < 1.29 is 4.74 Å². The monoisotopic (exact) mass is 311 g/mol. The van der Waals surface area contributed by atoms with Crippen LogP contribution in [0.1, 0.15) is 19.4 Å². The summed E-state index contributed by atoms with van der Waals surface area (Å²) < 4.78 is 7.67. The highest BCUT2D eigenvalue weighted by molar-refractivity contribution is 5.81. The molecule has 3 aromatic rings. The summed E-state index contributed by atoms with van der Waals surface area (Å²) in [4.78, 5) is 13.0. The van der Waals surface area contributed by atoms with Crippen LogP contribution in [0.5, 0.6) is 6.01 Å². The van der Waals surface area contributed by atoms with E-state index in [4.69, 9.17) is 10.5 Å². The number of anilines is 1. The van der Waals surface area contributed by atoms with Crippen LogP contribution in [-0.4, -0.2) is 26.1 Å². The van der Waals surface area contributed by atoms with Crippen LogP contribution in [0.3, 0.4) is 0 Å². The average Bonchev–Trinajstić information content (AvgIpc) is 2.91. The Morgan fingerprint density at radius 1 is 1.17 bits per heavy atom. The Hall–Kier alpha value is -2.63. The maximum atomic E-state index is 5.98. The molecule has 23 heavy (non-hydrogen) atoms. The first-order valence-electron chi connectivity index (χ1n) is 7.78. The maximum Gasteiger partial charge on any atom is 0.320 e. The van der Waals surface area contributed by atoms with E-state index in [0.717, 1.165) is 18.6 Å². The number of hydrogen-bond donors (Lipinski definition) is 1. The predicted molar refractivity (Wildman–Crippen MR) is 90.2 cm³/mol. The number of aromatic nitrogens is 4. The van der Waals surface area contributed by atoms with E-state index in [2.05, 4.69) is 40.9 Å². The SMILES string of the molecule is CC(C)Cn1cnc2c(N)nc(OCCc3ccccc3)nc21. The highest BCUT2D eigenvalue weighted by atomic mass is 16.5. The van der Waals surface area contributed by atoms with Crippen molar-refractivity contribution in [2.45, 2.75) is 26.8 Å². The molecule has 2 heterocycles. The van der Waals surface area contributed by atoms with Crippen molar-refractivity contribution in [1.82, 2.24) is 19.5 Å². The molecule has 0 bridgehead atoms. The molecule has 0 spiro atoms. The number of hydrogen-bond acceptors (Lipinski definition) is 5. The lowest BCUT2D eigenvalue weighted by molar-refractivity contribution is 0.297. The van der Waals surface area contributed by atoms with Crippen molar-refractivity contribution >= 4 is 17.0 Å². The molecule has 6 heteroatoms. The third-order valence-corrected chi connectivity index (χ3v) is 3.50. The molecule has 0 saturated carbocycles. The minimum Gasteiger partial charge on any atom is -0.463 e. The summed E-state index contributed by atoms with van der Waals surface area (Å²) in [7, 11) is 0. The van der Waals surface area contributed by atoms with Crippen LogP contribution in [0.15, 0.2) is 36.7 Å². The summed E-state index contributed by atoms with van der Waals surface area (Å²) in [6.45, 7) is 5.63. The quantitative estimate of drug-likeness (QED) is 0.757. The Balaban J connectivity index is 1.75. The zero-order chi connectivity index (χ0) is 16.2. The molecule has 0 fully saturated rings. The van der Waals surface area contributed by atoms with Gasteiger partial charge >= 0.3 is 6.01 Å². The van der Waals surface area contributed by atoms with E-state index in [1.165, 1.54) is 5.56 Å². The number of nitrogen functional groups attached to an aromatic ring is 1. The highest BCUT2D eigenvalue weighted by Crippen LogP contribution is 2.20. The van der Waals surface area contributed by atoms with Crippen LogP contribution in [0.2, 0.25) is 0 Å². The van der Waals surface area contributed by atoms with Gasteiger partial charge in [-0.15, -0.1) is 0 Å². The second-order valence-electron chi connectivity index (χ2n) is 5.94. The molecular formula is C17H21N5O. The Morgan fingerprint density at radius 3 is 2.70 bits per heavy atom. The van der Waals surface area contributed by atoms with Gasteiger partial charge < -0.3 is 15.0 Å². The fourth-order valence-electron chi connectivity index (χ4n) is 2.44. The fraction of sp³-hybridized carbons (Fsp3) is 0.353. The average molecular weight is 311 g/mol. The van der Waals surface area contributed by atoms with Crippen LogP contribution >= 0.6 is 0 Å². The van der Waals surface area contributed by atoms with Crippen molar-refractivity contribution in [2.24, 2.45) is 5.92 Å². The van der Waals surface area contributed by atoms with Gasteiger partial charge in [0.05, 0.1) is 12.9 Å². The van der Waals surface area contributed by atoms with Crippen LogP contribution in [-0.2, 0) is 13.0 Å². The van der Waals surface area contributed by atoms with Gasteiger partial charge in [-0.2, -0.15) is 9.97 Å². The molecule has 120 valence electrons. The lowest BCUT2D eigenvalue weighted by Crippen LogP contribution is -2.08. The zero-order valence-electron chi connectivity index (χ0n) is 13.4. The van der Waals surface area contributed by atoms with Crippen molar-refractivity contribution in [3.05, 3.63) is 42.2 Å². The molecule has 0 unspecified atom stereocenters. The molecule has 0 saturated heterocycles. The smallest absolute Gasteiger partial charge is 0.320 e. The van der Waals surface area contributed by atoms with Crippen LogP contribution in [0.4, 0.5) is 5.82 Å². The van der Waals surface area contributed by atoms with Crippen LogP contribution < -0.4 is 10.5 Å². The van der Waals surface area contributed by atoms with Crippen molar-refractivity contribution in [3.63, 3.8) is 0 Å². The second kappa shape index (κ2) is 6.64. The maximum absolute atomic E-state index is 5.98. The largest absolute Gasteiger partial charge is 0.463 e. The molecule has 2 aromatic heterocycles. The molecule has 0 aliphatic heterocycles. The summed E-state index contributed by atoms with van der Waals surface area (Å²) in [5.74, 6) is 0.846. The van der Waals surface area contributed by atoms with E-state index in [0.29, 0.717) is 29.9 Å². The van der Waals surface area contributed by atoms with Gasteiger partial charge in [0, 0.05) is 13.0 Å². The Kier molecular flexibility index (Phi) is 4.41. The van der Waals surface area contributed by atoms with Gasteiger partial charge in [-0.05, 0) is 11.5 Å². The molecule has 0 aliphatic rings. The van der Waals surface area contributed by atoms with Crippen molar-refractivity contribution in [2.75, 3.05) is 12.3 Å². The molecule has 0 radical (unpaired) electrons. The van der Waals surface area contributed by atoms with Gasteiger partial charge in [-0.25, -0.2) is 4.98 Å². The van der Waals surface area contributed by atoms with Gasteiger partial charge in [-0.3, -0.25) is 0 Å². The molecule has 0 atom stereocenters. The van der Waals surface area contributed by atoms with Crippen LogP contribution in [0.25, 0.3) is 11.2 Å². The number of ether oxygens (including phenoxy) is 1. The van der Waals surface area contributed by atoms with Gasteiger partial charge in [-0.1, -0.05) is 44.2 Å². The highest BCUT2D eigenvalue weighted by Gasteiger charge is 2.12. The van der Waals surface area contributed by atoms with Gasteiger partial charge in [0.25, 0.3) is 0 Å². The minimum atomic E-state index is 0.302. The number of nitrogens with zero attached hydrogens (tertiary/aromatic N) is 4. The summed E-state index contributed by atoms with van der Waals surface area (Å²) in [6.07, 6.45) is 2.55. The van der Waals surface area contributed by atoms with Crippen LogP contribution in [0, 0.1) is 5.92 Å². The molecule has 0 aliphatic carbocycles. The van der Waals surface area contributed by atoms with Crippen molar-refractivity contribution in [3.8, 4) is 6.01 Å². The van der Waals surface area contributed by atoms with E-state index >= 15 is 0 Å². The molecule has 0 amide bonds. The predicted octanol–water partition coefficient (Wildman–Crippen LogP) is 2.69.